The lowest BCUT2D eigenvalue weighted by atomic mass is 10.0. The van der Waals surface area contributed by atoms with Gasteiger partial charge in [0, 0.05) is 36.5 Å². The number of rotatable bonds is 6. The van der Waals surface area contributed by atoms with Gasteiger partial charge in [0.05, 0.1) is 5.56 Å². The average Bonchev–Trinajstić information content (AvgIpc) is 3.22. The normalized spacial score (nSPS) is 14.7. The zero-order chi connectivity index (χ0) is 19.2. The molecule has 2 heterocycles. The molecule has 0 unspecified atom stereocenters. The molecule has 1 aliphatic heterocycles. The van der Waals surface area contributed by atoms with Crippen molar-refractivity contribution in [2.75, 3.05) is 13.1 Å². The van der Waals surface area contributed by atoms with E-state index in [2.05, 4.69) is 5.32 Å². The van der Waals surface area contributed by atoms with E-state index in [4.69, 9.17) is 5.11 Å². The number of carbonyl (C=O) groups excluding carboxylic acids is 2. The second kappa shape index (κ2) is 8.81. The maximum Gasteiger partial charge on any atom is 0.335 e. The predicted molar refractivity (Wildman–Crippen MR) is 103 cm³/mol. The van der Waals surface area contributed by atoms with Crippen molar-refractivity contribution in [2.45, 2.75) is 31.7 Å². The summed E-state index contributed by atoms with van der Waals surface area (Å²) in [4.78, 5) is 37.2. The van der Waals surface area contributed by atoms with Gasteiger partial charge in [0.1, 0.15) is 0 Å². The fraction of sp³-hybridized carbons (Fsp3) is 0.350. The number of piperidine rings is 1. The standard InChI is InChI=1S/C20H22N2O4S/c23-18(6-3-14-1-4-15(5-2-14)20(25)26)22-10-7-17(8-11-22)21-19(24)16-9-12-27-13-16/h1-2,4-5,9,12-13,17H,3,6-8,10-11H2,(H,21,24)(H,25,26). The maximum absolute atomic E-state index is 12.4. The van der Waals surface area contributed by atoms with Crippen molar-refractivity contribution < 1.29 is 19.5 Å². The number of likely N-dealkylation sites (tertiary alicyclic amines) is 1. The molecule has 27 heavy (non-hydrogen) atoms. The van der Waals surface area contributed by atoms with Gasteiger partial charge in [0.15, 0.2) is 0 Å². The van der Waals surface area contributed by atoms with E-state index in [-0.39, 0.29) is 23.4 Å². The van der Waals surface area contributed by atoms with Crippen LogP contribution in [0.2, 0.25) is 0 Å². The van der Waals surface area contributed by atoms with E-state index in [1.807, 2.05) is 21.7 Å². The summed E-state index contributed by atoms with van der Waals surface area (Å²) in [6.07, 6.45) is 2.51. The van der Waals surface area contributed by atoms with Crippen LogP contribution >= 0.6 is 11.3 Å². The number of benzene rings is 1. The summed E-state index contributed by atoms with van der Waals surface area (Å²) in [5.74, 6) is -0.905. The van der Waals surface area contributed by atoms with E-state index in [0.717, 1.165) is 18.4 Å². The highest BCUT2D eigenvalue weighted by Crippen LogP contribution is 2.15. The van der Waals surface area contributed by atoms with Crippen LogP contribution in [-0.2, 0) is 11.2 Å². The number of carbonyl (C=O) groups is 3. The number of nitrogens with one attached hydrogen (secondary N) is 1. The molecule has 0 bridgehead atoms. The lowest BCUT2D eigenvalue weighted by molar-refractivity contribution is -0.132. The van der Waals surface area contributed by atoms with Gasteiger partial charge in [0.25, 0.3) is 5.91 Å². The summed E-state index contributed by atoms with van der Waals surface area (Å²) in [5.41, 5.74) is 1.88. The highest BCUT2D eigenvalue weighted by molar-refractivity contribution is 7.08. The number of carboxylic acids is 1. The van der Waals surface area contributed by atoms with Crippen LogP contribution in [-0.4, -0.2) is 46.9 Å². The monoisotopic (exact) mass is 386 g/mol. The number of aryl methyl sites for hydroxylation is 1. The Bertz CT molecular complexity index is 794. The topological polar surface area (TPSA) is 86.7 Å². The van der Waals surface area contributed by atoms with Crippen molar-refractivity contribution in [3.63, 3.8) is 0 Å². The molecule has 142 valence electrons. The molecular formula is C20H22N2O4S. The van der Waals surface area contributed by atoms with Crippen LogP contribution in [0, 0.1) is 0 Å². The molecule has 0 saturated carbocycles. The first-order valence-corrected chi connectivity index (χ1v) is 9.90. The van der Waals surface area contributed by atoms with E-state index < -0.39 is 5.97 Å². The van der Waals surface area contributed by atoms with Crippen molar-refractivity contribution in [3.05, 3.63) is 57.8 Å². The van der Waals surface area contributed by atoms with Gasteiger partial charge >= 0.3 is 5.97 Å². The zero-order valence-corrected chi connectivity index (χ0v) is 15.7. The molecule has 2 N–H and O–H groups in total. The third-order valence-corrected chi connectivity index (χ3v) is 5.48. The first-order chi connectivity index (χ1) is 13.0. The second-order valence-electron chi connectivity index (χ2n) is 6.64. The number of hydrogen-bond acceptors (Lipinski definition) is 4. The quantitative estimate of drug-likeness (QED) is 0.799. The molecule has 2 aromatic rings. The highest BCUT2D eigenvalue weighted by atomic mass is 32.1. The molecule has 1 aromatic carbocycles. The molecule has 0 spiro atoms. The van der Waals surface area contributed by atoms with E-state index in [0.29, 0.717) is 31.5 Å². The van der Waals surface area contributed by atoms with Crippen molar-refractivity contribution in [2.24, 2.45) is 0 Å². The molecule has 0 atom stereocenters. The van der Waals surface area contributed by atoms with Gasteiger partial charge in [-0.2, -0.15) is 11.3 Å². The van der Waals surface area contributed by atoms with Gasteiger partial charge in [0.2, 0.25) is 5.91 Å². The van der Waals surface area contributed by atoms with Gasteiger partial charge in [-0.05, 0) is 48.4 Å². The smallest absolute Gasteiger partial charge is 0.335 e. The minimum atomic E-state index is -0.952. The molecule has 6 nitrogen and oxygen atoms in total. The second-order valence-corrected chi connectivity index (χ2v) is 7.42. The van der Waals surface area contributed by atoms with Crippen molar-refractivity contribution in [1.29, 1.82) is 0 Å². The van der Waals surface area contributed by atoms with Crippen LogP contribution in [0.5, 0.6) is 0 Å². The van der Waals surface area contributed by atoms with Crippen LogP contribution < -0.4 is 5.32 Å². The van der Waals surface area contributed by atoms with E-state index in [1.54, 1.807) is 24.3 Å². The number of hydrogen-bond donors (Lipinski definition) is 2. The zero-order valence-electron chi connectivity index (χ0n) is 14.9. The Hall–Kier alpha value is -2.67. The fourth-order valence-corrected chi connectivity index (χ4v) is 3.79. The summed E-state index contributed by atoms with van der Waals surface area (Å²) in [6, 6.07) is 8.53. The van der Waals surface area contributed by atoms with Crippen LogP contribution in [0.4, 0.5) is 0 Å². The molecule has 2 amide bonds. The third kappa shape index (κ3) is 5.17. The van der Waals surface area contributed by atoms with Crippen LogP contribution in [0.1, 0.15) is 45.5 Å². The largest absolute Gasteiger partial charge is 0.478 e. The Labute approximate surface area is 161 Å². The predicted octanol–water partition coefficient (Wildman–Crippen LogP) is 2.80. The molecule has 1 aliphatic rings. The summed E-state index contributed by atoms with van der Waals surface area (Å²) >= 11 is 1.50. The number of thiophene rings is 1. The number of carboxylic acid groups (broad SMARTS) is 1. The van der Waals surface area contributed by atoms with Crippen LogP contribution in [0.15, 0.2) is 41.1 Å². The Morgan fingerprint density at radius 1 is 1.07 bits per heavy atom. The maximum atomic E-state index is 12.4. The Kier molecular flexibility index (Phi) is 6.24. The van der Waals surface area contributed by atoms with Gasteiger partial charge < -0.3 is 15.3 Å². The van der Waals surface area contributed by atoms with Crippen LogP contribution in [0.3, 0.4) is 0 Å². The Balaban J connectivity index is 1.41. The van der Waals surface area contributed by atoms with Gasteiger partial charge in [-0.25, -0.2) is 4.79 Å². The SMILES string of the molecule is O=C(O)c1ccc(CCC(=O)N2CCC(NC(=O)c3ccsc3)CC2)cc1. The van der Waals surface area contributed by atoms with E-state index >= 15 is 0 Å². The molecule has 3 rings (SSSR count). The summed E-state index contributed by atoms with van der Waals surface area (Å²) < 4.78 is 0. The average molecular weight is 386 g/mol. The molecular weight excluding hydrogens is 364 g/mol. The van der Waals surface area contributed by atoms with E-state index in [9.17, 15) is 14.4 Å². The fourth-order valence-electron chi connectivity index (χ4n) is 3.16. The molecule has 1 saturated heterocycles. The minimum absolute atomic E-state index is 0.0502. The van der Waals surface area contributed by atoms with Gasteiger partial charge in [-0.1, -0.05) is 12.1 Å². The van der Waals surface area contributed by atoms with E-state index in [1.165, 1.54) is 11.3 Å². The first-order valence-electron chi connectivity index (χ1n) is 8.96. The molecule has 1 fully saturated rings. The molecule has 1 aromatic heterocycles. The summed E-state index contributed by atoms with van der Waals surface area (Å²) in [7, 11) is 0. The molecule has 0 aliphatic carbocycles. The van der Waals surface area contributed by atoms with Gasteiger partial charge in [-0.15, -0.1) is 0 Å². The lowest BCUT2D eigenvalue weighted by Crippen LogP contribution is -2.46. The molecule has 0 radical (unpaired) electrons. The van der Waals surface area contributed by atoms with Crippen LogP contribution in [0.25, 0.3) is 0 Å². The number of aromatic carboxylic acids is 1. The Morgan fingerprint density at radius 2 is 1.78 bits per heavy atom. The Morgan fingerprint density at radius 3 is 2.37 bits per heavy atom. The third-order valence-electron chi connectivity index (χ3n) is 4.79. The minimum Gasteiger partial charge on any atom is -0.478 e. The van der Waals surface area contributed by atoms with Gasteiger partial charge in [-0.3, -0.25) is 9.59 Å². The first kappa shape index (κ1) is 19.1. The van der Waals surface area contributed by atoms with Crippen molar-refractivity contribution >= 4 is 29.1 Å². The molecule has 7 heteroatoms. The number of amides is 2. The summed E-state index contributed by atoms with van der Waals surface area (Å²) in [5, 5.41) is 15.7. The van der Waals surface area contributed by atoms with Crippen molar-refractivity contribution in [1.82, 2.24) is 10.2 Å². The number of nitrogens with zero attached hydrogens (tertiary/aromatic N) is 1. The highest BCUT2D eigenvalue weighted by Gasteiger charge is 2.24. The summed E-state index contributed by atoms with van der Waals surface area (Å²) in [6.45, 7) is 1.29. The lowest BCUT2D eigenvalue weighted by Gasteiger charge is -2.32. The van der Waals surface area contributed by atoms with Crippen molar-refractivity contribution in [3.8, 4) is 0 Å².